The van der Waals surface area contributed by atoms with Crippen LogP contribution < -0.4 is 5.32 Å². The zero-order chi connectivity index (χ0) is 12.5. The van der Waals surface area contributed by atoms with E-state index in [9.17, 15) is 9.18 Å². The average Bonchev–Trinajstić information content (AvgIpc) is 3.11. The molecule has 0 aromatic carbocycles. The molecule has 2 fully saturated rings. The molecule has 2 aliphatic rings. The first-order valence-electron chi connectivity index (χ1n) is 6.38. The van der Waals surface area contributed by atoms with Crippen LogP contribution >= 0.6 is 0 Å². The summed E-state index contributed by atoms with van der Waals surface area (Å²) < 4.78 is 13.4. The third-order valence-corrected chi connectivity index (χ3v) is 3.64. The molecule has 1 aliphatic heterocycles. The Morgan fingerprint density at radius 1 is 1.44 bits per heavy atom. The molecule has 1 atom stereocenters. The smallest absolute Gasteiger partial charge is 0.254 e. The van der Waals surface area contributed by atoms with Gasteiger partial charge in [0.25, 0.3) is 5.91 Å². The van der Waals surface area contributed by atoms with Crippen LogP contribution in [0.3, 0.4) is 0 Å². The lowest BCUT2D eigenvalue weighted by Gasteiger charge is -2.15. The van der Waals surface area contributed by atoms with Crippen LogP contribution in [-0.4, -0.2) is 41.0 Å². The summed E-state index contributed by atoms with van der Waals surface area (Å²) in [5.41, 5.74) is 0.0786. The maximum absolute atomic E-state index is 13.4. The Hall–Kier alpha value is -1.49. The third kappa shape index (κ3) is 2.36. The molecule has 1 saturated heterocycles. The molecule has 4 nitrogen and oxygen atoms in total. The molecule has 1 unspecified atom stereocenters. The van der Waals surface area contributed by atoms with Gasteiger partial charge in [0.15, 0.2) is 5.82 Å². The van der Waals surface area contributed by atoms with E-state index >= 15 is 0 Å². The number of likely N-dealkylation sites (tertiary alicyclic amines) is 1. The fourth-order valence-corrected chi connectivity index (χ4v) is 2.50. The molecular formula is C13H16FN3O. The number of rotatable bonds is 3. The number of pyridine rings is 1. The zero-order valence-electron chi connectivity index (χ0n) is 10.1. The van der Waals surface area contributed by atoms with E-state index in [4.69, 9.17) is 0 Å². The summed E-state index contributed by atoms with van der Waals surface area (Å²) in [7, 11) is 0. The molecule has 1 N–H and O–H groups in total. The highest BCUT2D eigenvalue weighted by Gasteiger charge is 2.34. The van der Waals surface area contributed by atoms with Gasteiger partial charge in [-0.2, -0.15) is 0 Å². The second kappa shape index (κ2) is 4.65. The number of nitrogens with one attached hydrogen (secondary N) is 1. The minimum atomic E-state index is -0.563. The summed E-state index contributed by atoms with van der Waals surface area (Å²) in [4.78, 5) is 18.0. The number of halogens is 1. The normalized spacial score (nSPS) is 24.2. The lowest BCUT2D eigenvalue weighted by molar-refractivity contribution is 0.0933. The minimum absolute atomic E-state index is 0.0786. The van der Waals surface area contributed by atoms with E-state index in [1.807, 2.05) is 0 Å². The van der Waals surface area contributed by atoms with Gasteiger partial charge in [0.1, 0.15) is 0 Å². The molecule has 0 spiro atoms. The number of carbonyl (C=O) groups excluding carboxylic acids is 1. The van der Waals surface area contributed by atoms with E-state index < -0.39 is 5.82 Å². The number of aromatic nitrogens is 1. The number of hydrogen-bond donors (Lipinski definition) is 1. The predicted molar refractivity (Wildman–Crippen MR) is 64.7 cm³/mol. The molecule has 18 heavy (non-hydrogen) atoms. The van der Waals surface area contributed by atoms with Crippen LogP contribution in [0, 0.1) is 5.82 Å². The van der Waals surface area contributed by atoms with E-state index in [-0.39, 0.29) is 17.5 Å². The minimum Gasteiger partial charge on any atom is -0.348 e. The quantitative estimate of drug-likeness (QED) is 0.875. The monoisotopic (exact) mass is 249 g/mol. The van der Waals surface area contributed by atoms with Crippen molar-refractivity contribution in [2.75, 3.05) is 13.1 Å². The molecule has 1 aliphatic carbocycles. The van der Waals surface area contributed by atoms with Gasteiger partial charge in [-0.3, -0.25) is 14.7 Å². The topological polar surface area (TPSA) is 45.2 Å². The number of amides is 1. The van der Waals surface area contributed by atoms with Crippen molar-refractivity contribution >= 4 is 5.91 Å². The standard InChI is InChI=1S/C13H16FN3O/c14-12-7-15-5-3-11(12)13(18)16-9-4-6-17(8-9)10-1-2-10/h3,5,7,9-10H,1-2,4,6,8H2,(H,16,18). The number of carbonyl (C=O) groups is 1. The molecule has 1 saturated carbocycles. The average molecular weight is 249 g/mol. The van der Waals surface area contributed by atoms with Crippen LogP contribution in [0.5, 0.6) is 0 Å². The summed E-state index contributed by atoms with van der Waals surface area (Å²) in [5, 5.41) is 2.90. The lowest BCUT2D eigenvalue weighted by atomic mass is 10.2. The van der Waals surface area contributed by atoms with E-state index in [0.29, 0.717) is 0 Å². The molecule has 0 radical (unpaired) electrons. The highest BCUT2D eigenvalue weighted by Crippen LogP contribution is 2.29. The van der Waals surface area contributed by atoms with Gasteiger partial charge >= 0.3 is 0 Å². The van der Waals surface area contributed by atoms with Crippen LogP contribution in [0.15, 0.2) is 18.5 Å². The van der Waals surface area contributed by atoms with Crippen molar-refractivity contribution in [2.45, 2.75) is 31.3 Å². The Labute approximate surface area is 105 Å². The highest BCUT2D eigenvalue weighted by atomic mass is 19.1. The first-order valence-corrected chi connectivity index (χ1v) is 6.38. The molecule has 3 rings (SSSR count). The Kier molecular flexibility index (Phi) is 2.99. The Bertz CT molecular complexity index is 461. The first-order chi connectivity index (χ1) is 8.74. The van der Waals surface area contributed by atoms with Crippen molar-refractivity contribution < 1.29 is 9.18 Å². The summed E-state index contributed by atoms with van der Waals surface area (Å²) in [6.07, 6.45) is 6.01. The zero-order valence-corrected chi connectivity index (χ0v) is 10.1. The van der Waals surface area contributed by atoms with E-state index in [1.54, 1.807) is 0 Å². The Morgan fingerprint density at radius 2 is 2.28 bits per heavy atom. The van der Waals surface area contributed by atoms with E-state index in [1.165, 1.54) is 25.1 Å². The van der Waals surface area contributed by atoms with Gasteiger partial charge in [-0.15, -0.1) is 0 Å². The van der Waals surface area contributed by atoms with E-state index in [2.05, 4.69) is 15.2 Å². The van der Waals surface area contributed by atoms with Crippen molar-refractivity contribution in [3.8, 4) is 0 Å². The Morgan fingerprint density at radius 3 is 3.00 bits per heavy atom. The maximum Gasteiger partial charge on any atom is 0.254 e. The molecule has 96 valence electrons. The summed E-state index contributed by atoms with van der Waals surface area (Å²) in [5.74, 6) is -0.899. The molecule has 0 bridgehead atoms. The molecule has 2 heterocycles. The summed E-state index contributed by atoms with van der Waals surface area (Å²) in [6, 6.07) is 2.29. The second-order valence-corrected chi connectivity index (χ2v) is 5.04. The largest absolute Gasteiger partial charge is 0.348 e. The SMILES string of the molecule is O=C(NC1CCN(C2CC2)C1)c1ccncc1F. The van der Waals surface area contributed by atoms with Gasteiger partial charge in [0, 0.05) is 31.4 Å². The molecule has 1 aromatic rings. The van der Waals surface area contributed by atoms with E-state index in [0.717, 1.165) is 31.7 Å². The van der Waals surface area contributed by atoms with Crippen LogP contribution in [0.1, 0.15) is 29.6 Å². The number of nitrogens with zero attached hydrogens (tertiary/aromatic N) is 2. The Balaban J connectivity index is 1.60. The lowest BCUT2D eigenvalue weighted by Crippen LogP contribution is -2.37. The summed E-state index contributed by atoms with van der Waals surface area (Å²) in [6.45, 7) is 1.93. The van der Waals surface area contributed by atoms with Crippen molar-refractivity contribution in [1.29, 1.82) is 0 Å². The van der Waals surface area contributed by atoms with Crippen LogP contribution in [0.4, 0.5) is 4.39 Å². The van der Waals surface area contributed by atoms with Crippen molar-refractivity contribution in [3.63, 3.8) is 0 Å². The van der Waals surface area contributed by atoms with Gasteiger partial charge in [0.2, 0.25) is 0 Å². The van der Waals surface area contributed by atoms with Gasteiger partial charge < -0.3 is 5.32 Å². The van der Waals surface area contributed by atoms with Crippen molar-refractivity contribution in [1.82, 2.24) is 15.2 Å². The van der Waals surface area contributed by atoms with Gasteiger partial charge in [-0.1, -0.05) is 0 Å². The molecular weight excluding hydrogens is 233 g/mol. The first kappa shape index (κ1) is 11.6. The molecule has 1 amide bonds. The van der Waals surface area contributed by atoms with Crippen LogP contribution in [-0.2, 0) is 0 Å². The van der Waals surface area contributed by atoms with Gasteiger partial charge in [0.05, 0.1) is 11.8 Å². The van der Waals surface area contributed by atoms with Gasteiger partial charge in [-0.05, 0) is 25.3 Å². The van der Waals surface area contributed by atoms with Crippen LogP contribution in [0.2, 0.25) is 0 Å². The van der Waals surface area contributed by atoms with Crippen LogP contribution in [0.25, 0.3) is 0 Å². The maximum atomic E-state index is 13.4. The molecule has 5 heteroatoms. The van der Waals surface area contributed by atoms with Gasteiger partial charge in [-0.25, -0.2) is 4.39 Å². The van der Waals surface area contributed by atoms with Crippen molar-refractivity contribution in [2.24, 2.45) is 0 Å². The molecule has 1 aromatic heterocycles. The highest BCUT2D eigenvalue weighted by molar-refractivity contribution is 5.94. The van der Waals surface area contributed by atoms with Crippen molar-refractivity contribution in [3.05, 3.63) is 29.8 Å². The second-order valence-electron chi connectivity index (χ2n) is 5.04. The fraction of sp³-hybridized carbons (Fsp3) is 0.538. The third-order valence-electron chi connectivity index (χ3n) is 3.64. The predicted octanol–water partition coefficient (Wildman–Crippen LogP) is 1.19. The number of hydrogen-bond acceptors (Lipinski definition) is 3. The summed E-state index contributed by atoms with van der Waals surface area (Å²) >= 11 is 0. The fourth-order valence-electron chi connectivity index (χ4n) is 2.50.